The van der Waals surface area contributed by atoms with Gasteiger partial charge in [0, 0.05) is 38.9 Å². The standard InChI is InChI=1S/C21H25N5O3/c1-14(12-28-3)29-16-5-4-15-10-22-21(17(15)8-16)18-9-19(24-13-23-18)26-7-6-25(2)20(27)11-26/h4-5,8-9,13-14H,6-7,10-12H2,1-3H3/t14-/m0/s1. The number of amides is 1. The molecule has 29 heavy (non-hydrogen) atoms. The van der Waals surface area contributed by atoms with Crippen molar-refractivity contribution < 1.29 is 14.3 Å². The van der Waals surface area contributed by atoms with E-state index in [1.165, 1.54) is 6.33 Å². The summed E-state index contributed by atoms with van der Waals surface area (Å²) in [5, 5.41) is 0. The largest absolute Gasteiger partial charge is 0.488 e. The maximum Gasteiger partial charge on any atom is 0.241 e. The molecule has 0 saturated carbocycles. The van der Waals surface area contributed by atoms with Crippen molar-refractivity contribution in [3.63, 3.8) is 0 Å². The molecule has 1 fully saturated rings. The Morgan fingerprint density at radius 3 is 2.86 bits per heavy atom. The van der Waals surface area contributed by atoms with Gasteiger partial charge in [-0.15, -0.1) is 0 Å². The van der Waals surface area contributed by atoms with Crippen LogP contribution in [0.3, 0.4) is 0 Å². The van der Waals surface area contributed by atoms with Gasteiger partial charge in [0.1, 0.15) is 24.0 Å². The van der Waals surface area contributed by atoms with E-state index < -0.39 is 0 Å². The molecular weight excluding hydrogens is 370 g/mol. The van der Waals surface area contributed by atoms with E-state index in [1.54, 1.807) is 12.0 Å². The second-order valence-corrected chi connectivity index (χ2v) is 7.37. The van der Waals surface area contributed by atoms with Crippen molar-refractivity contribution in [1.29, 1.82) is 0 Å². The molecule has 0 bridgehead atoms. The summed E-state index contributed by atoms with van der Waals surface area (Å²) < 4.78 is 11.1. The third-order valence-corrected chi connectivity index (χ3v) is 5.16. The summed E-state index contributed by atoms with van der Waals surface area (Å²) in [5.41, 5.74) is 3.74. The van der Waals surface area contributed by atoms with Gasteiger partial charge in [-0.05, 0) is 24.6 Å². The van der Waals surface area contributed by atoms with Gasteiger partial charge in [0.25, 0.3) is 0 Å². The van der Waals surface area contributed by atoms with E-state index in [0.29, 0.717) is 26.2 Å². The molecule has 152 valence electrons. The van der Waals surface area contributed by atoms with Gasteiger partial charge in [0.15, 0.2) is 0 Å². The number of hydrogen-bond acceptors (Lipinski definition) is 7. The summed E-state index contributed by atoms with van der Waals surface area (Å²) in [6.45, 7) is 4.87. The van der Waals surface area contributed by atoms with Crippen molar-refractivity contribution in [1.82, 2.24) is 14.9 Å². The Balaban J connectivity index is 1.57. The van der Waals surface area contributed by atoms with Crippen LogP contribution in [0.4, 0.5) is 5.82 Å². The Morgan fingerprint density at radius 2 is 2.07 bits per heavy atom. The molecule has 4 rings (SSSR count). The number of carbonyl (C=O) groups is 1. The molecule has 1 aromatic carbocycles. The molecule has 0 N–H and O–H groups in total. The fourth-order valence-corrected chi connectivity index (χ4v) is 3.56. The monoisotopic (exact) mass is 395 g/mol. The molecule has 0 radical (unpaired) electrons. The molecule has 8 nitrogen and oxygen atoms in total. The van der Waals surface area contributed by atoms with E-state index in [4.69, 9.17) is 14.5 Å². The van der Waals surface area contributed by atoms with Gasteiger partial charge in [-0.3, -0.25) is 9.79 Å². The molecule has 8 heteroatoms. The maximum atomic E-state index is 12.0. The molecule has 1 aromatic heterocycles. The lowest BCUT2D eigenvalue weighted by molar-refractivity contribution is -0.129. The Morgan fingerprint density at radius 1 is 1.21 bits per heavy atom. The van der Waals surface area contributed by atoms with Crippen molar-refractivity contribution in [2.45, 2.75) is 19.6 Å². The first-order valence-electron chi connectivity index (χ1n) is 9.70. The van der Waals surface area contributed by atoms with Crippen LogP contribution in [0.5, 0.6) is 5.75 Å². The number of nitrogens with zero attached hydrogens (tertiary/aromatic N) is 5. The minimum atomic E-state index is -0.0414. The smallest absolute Gasteiger partial charge is 0.241 e. The SMILES string of the molecule is COC[C@H](C)Oc1ccc2c(c1)C(c1cc(N3CCN(C)C(=O)C3)ncn1)=NC2. The fraction of sp³-hybridized carbons (Fsp3) is 0.429. The van der Waals surface area contributed by atoms with Crippen LogP contribution in [0.2, 0.25) is 0 Å². The van der Waals surface area contributed by atoms with Crippen molar-refractivity contribution in [2.24, 2.45) is 4.99 Å². The van der Waals surface area contributed by atoms with E-state index in [2.05, 4.69) is 9.97 Å². The van der Waals surface area contributed by atoms with Crippen LogP contribution in [0.15, 0.2) is 35.6 Å². The number of anilines is 1. The minimum Gasteiger partial charge on any atom is -0.488 e. The van der Waals surface area contributed by atoms with Gasteiger partial charge < -0.3 is 19.3 Å². The summed E-state index contributed by atoms with van der Waals surface area (Å²) >= 11 is 0. The van der Waals surface area contributed by atoms with E-state index in [1.807, 2.05) is 43.1 Å². The van der Waals surface area contributed by atoms with Crippen molar-refractivity contribution in [2.75, 3.05) is 45.3 Å². The second-order valence-electron chi connectivity index (χ2n) is 7.37. The molecule has 2 aromatic rings. The normalized spacial score (nSPS) is 17.2. The highest BCUT2D eigenvalue weighted by Crippen LogP contribution is 2.28. The van der Waals surface area contributed by atoms with Crippen molar-refractivity contribution in [3.05, 3.63) is 47.4 Å². The fourth-order valence-electron chi connectivity index (χ4n) is 3.56. The maximum absolute atomic E-state index is 12.0. The number of benzene rings is 1. The summed E-state index contributed by atoms with van der Waals surface area (Å²) in [5.74, 6) is 1.61. The Kier molecular flexibility index (Phi) is 5.44. The lowest BCUT2D eigenvalue weighted by atomic mass is 10.0. The average Bonchev–Trinajstić information content (AvgIpc) is 3.13. The number of hydrogen-bond donors (Lipinski definition) is 0. The highest BCUT2D eigenvalue weighted by Gasteiger charge is 2.24. The van der Waals surface area contributed by atoms with Gasteiger partial charge >= 0.3 is 0 Å². The van der Waals surface area contributed by atoms with E-state index in [9.17, 15) is 4.79 Å². The van der Waals surface area contributed by atoms with Crippen LogP contribution >= 0.6 is 0 Å². The highest BCUT2D eigenvalue weighted by molar-refractivity contribution is 6.14. The number of ether oxygens (including phenoxy) is 2. The van der Waals surface area contributed by atoms with Gasteiger partial charge in [0.2, 0.25) is 5.91 Å². The number of methoxy groups -OCH3 is 1. The zero-order valence-corrected chi connectivity index (χ0v) is 17.0. The topological polar surface area (TPSA) is 80.2 Å². The van der Waals surface area contributed by atoms with Gasteiger partial charge in [-0.25, -0.2) is 9.97 Å². The van der Waals surface area contributed by atoms with Crippen LogP contribution < -0.4 is 9.64 Å². The van der Waals surface area contributed by atoms with Gasteiger partial charge in [0.05, 0.1) is 31.1 Å². The Hall–Kier alpha value is -3.00. The third-order valence-electron chi connectivity index (χ3n) is 5.16. The number of carbonyl (C=O) groups excluding carboxylic acids is 1. The number of likely N-dealkylation sites (N-methyl/N-ethyl adjacent to an activating group) is 1. The predicted octanol–water partition coefficient (Wildman–Crippen LogP) is 1.52. The van der Waals surface area contributed by atoms with Crippen molar-refractivity contribution >= 4 is 17.4 Å². The summed E-state index contributed by atoms with van der Waals surface area (Å²) in [7, 11) is 3.48. The molecule has 3 heterocycles. The zero-order valence-electron chi connectivity index (χ0n) is 17.0. The summed E-state index contributed by atoms with van der Waals surface area (Å²) in [6.07, 6.45) is 1.50. The van der Waals surface area contributed by atoms with Gasteiger partial charge in [-0.1, -0.05) is 6.07 Å². The first-order chi connectivity index (χ1) is 14.0. The Labute approximate surface area is 170 Å². The van der Waals surface area contributed by atoms with Gasteiger partial charge in [-0.2, -0.15) is 0 Å². The zero-order chi connectivity index (χ0) is 20.4. The van der Waals surface area contributed by atoms with Crippen LogP contribution in [0.1, 0.15) is 23.7 Å². The van der Waals surface area contributed by atoms with Crippen LogP contribution in [0, 0.1) is 0 Å². The predicted molar refractivity (Wildman–Crippen MR) is 110 cm³/mol. The van der Waals surface area contributed by atoms with Crippen LogP contribution in [-0.4, -0.2) is 73.0 Å². The van der Waals surface area contributed by atoms with Crippen molar-refractivity contribution in [3.8, 4) is 5.75 Å². The Bertz CT molecular complexity index is 946. The van der Waals surface area contributed by atoms with E-state index in [0.717, 1.165) is 40.6 Å². The molecule has 2 aliphatic rings. The lowest BCUT2D eigenvalue weighted by Crippen LogP contribution is -2.48. The number of piperazine rings is 1. The van der Waals surface area contributed by atoms with E-state index in [-0.39, 0.29) is 12.0 Å². The number of aromatic nitrogens is 2. The first-order valence-corrected chi connectivity index (χ1v) is 9.70. The lowest BCUT2D eigenvalue weighted by Gasteiger charge is -2.32. The molecule has 2 aliphatic heterocycles. The third kappa shape index (κ3) is 4.07. The molecule has 0 spiro atoms. The summed E-state index contributed by atoms with van der Waals surface area (Å²) in [6, 6.07) is 7.93. The molecule has 0 unspecified atom stereocenters. The molecule has 1 atom stereocenters. The molecule has 0 aliphatic carbocycles. The van der Waals surface area contributed by atoms with Crippen LogP contribution in [-0.2, 0) is 16.1 Å². The number of fused-ring (bicyclic) bond motifs is 1. The molecule has 1 amide bonds. The highest BCUT2D eigenvalue weighted by atomic mass is 16.5. The second kappa shape index (κ2) is 8.16. The molecule has 1 saturated heterocycles. The molecular formula is C21H25N5O3. The minimum absolute atomic E-state index is 0.0414. The quantitative estimate of drug-likeness (QED) is 0.738. The summed E-state index contributed by atoms with van der Waals surface area (Å²) in [4.78, 5) is 29.3. The van der Waals surface area contributed by atoms with E-state index >= 15 is 0 Å². The average molecular weight is 395 g/mol. The number of rotatable bonds is 6. The number of aliphatic imine (C=N–C) groups is 1. The first kappa shape index (κ1) is 19.3. The van der Waals surface area contributed by atoms with Crippen LogP contribution in [0.25, 0.3) is 0 Å².